The Kier molecular flexibility index (Phi) is 4.35. The average Bonchev–Trinajstić information content (AvgIpc) is 3.07. The highest BCUT2D eigenvalue weighted by molar-refractivity contribution is 6.31. The fraction of sp³-hybridized carbons (Fsp3) is 0. The highest BCUT2D eigenvalue weighted by Crippen LogP contribution is 2.19. The van der Waals surface area contributed by atoms with E-state index in [-0.39, 0.29) is 21.8 Å². The molecule has 120 valence electrons. The van der Waals surface area contributed by atoms with Crippen LogP contribution in [0, 0.1) is 5.82 Å². The summed E-state index contributed by atoms with van der Waals surface area (Å²) in [4.78, 5) is 34.7. The summed E-state index contributed by atoms with van der Waals surface area (Å²) in [6, 6.07) is 5.05. The molecule has 0 aliphatic carbocycles. The zero-order valence-electron chi connectivity index (χ0n) is 12.1. The van der Waals surface area contributed by atoms with E-state index in [4.69, 9.17) is 11.6 Å². The van der Waals surface area contributed by atoms with Gasteiger partial charge in [-0.15, -0.1) is 0 Å². The zero-order chi connectivity index (χ0) is 17.1. The first-order chi connectivity index (χ1) is 11.5. The van der Waals surface area contributed by atoms with Gasteiger partial charge in [-0.2, -0.15) is 0 Å². The van der Waals surface area contributed by atoms with Crippen LogP contribution in [0.4, 0.5) is 10.1 Å². The Morgan fingerprint density at radius 2 is 1.92 bits per heavy atom. The molecule has 0 aliphatic heterocycles. The van der Waals surface area contributed by atoms with Crippen LogP contribution in [-0.4, -0.2) is 26.6 Å². The average molecular weight is 345 g/mol. The highest BCUT2D eigenvalue weighted by Gasteiger charge is 2.18. The summed E-state index contributed by atoms with van der Waals surface area (Å²) < 4.78 is 13.8. The van der Waals surface area contributed by atoms with Crippen molar-refractivity contribution in [3.05, 3.63) is 76.8 Å². The Labute approximate surface area is 140 Å². The van der Waals surface area contributed by atoms with Crippen LogP contribution in [0.3, 0.4) is 0 Å². The van der Waals surface area contributed by atoms with Crippen molar-refractivity contribution in [1.29, 1.82) is 0 Å². The van der Waals surface area contributed by atoms with Crippen LogP contribution in [0.25, 0.3) is 0 Å². The fourth-order valence-electron chi connectivity index (χ4n) is 2.05. The summed E-state index contributed by atoms with van der Waals surface area (Å²) >= 11 is 5.79. The van der Waals surface area contributed by atoms with Gasteiger partial charge in [-0.3, -0.25) is 9.59 Å². The van der Waals surface area contributed by atoms with Gasteiger partial charge in [0.1, 0.15) is 17.8 Å². The van der Waals surface area contributed by atoms with Crippen molar-refractivity contribution in [3.63, 3.8) is 0 Å². The molecule has 3 rings (SSSR count). The molecule has 24 heavy (non-hydrogen) atoms. The first-order valence-corrected chi connectivity index (χ1v) is 7.17. The second-order valence-corrected chi connectivity index (χ2v) is 5.27. The first-order valence-electron chi connectivity index (χ1n) is 6.79. The van der Waals surface area contributed by atoms with E-state index >= 15 is 0 Å². The molecule has 0 fully saturated rings. The summed E-state index contributed by atoms with van der Waals surface area (Å²) in [7, 11) is 0. The van der Waals surface area contributed by atoms with Crippen LogP contribution >= 0.6 is 11.6 Å². The molecule has 0 saturated carbocycles. The van der Waals surface area contributed by atoms with Gasteiger partial charge in [-0.1, -0.05) is 11.6 Å². The normalized spacial score (nSPS) is 10.4. The van der Waals surface area contributed by atoms with E-state index in [2.05, 4.69) is 20.3 Å². The minimum Gasteiger partial charge on any atom is -0.356 e. The van der Waals surface area contributed by atoms with Gasteiger partial charge >= 0.3 is 0 Å². The summed E-state index contributed by atoms with van der Waals surface area (Å²) in [6.45, 7) is 0. The van der Waals surface area contributed by atoms with Gasteiger partial charge in [0.05, 0.1) is 23.6 Å². The molecule has 0 bridgehead atoms. The summed E-state index contributed by atoms with van der Waals surface area (Å²) in [5.41, 5.74) is 0.533. The lowest BCUT2D eigenvalue weighted by Gasteiger charge is -2.02. The van der Waals surface area contributed by atoms with Gasteiger partial charge < -0.3 is 10.3 Å². The molecule has 6 nitrogen and oxygen atoms in total. The minimum absolute atomic E-state index is 0.143. The summed E-state index contributed by atoms with van der Waals surface area (Å²) in [5, 5.41) is 2.82. The Morgan fingerprint density at radius 1 is 1.17 bits per heavy atom. The number of carbonyl (C=O) groups excluding carboxylic acids is 2. The van der Waals surface area contributed by atoms with E-state index in [0.717, 1.165) is 6.07 Å². The molecule has 0 unspecified atom stereocenters. The van der Waals surface area contributed by atoms with Crippen molar-refractivity contribution >= 4 is 29.0 Å². The van der Waals surface area contributed by atoms with Gasteiger partial charge in [0, 0.05) is 16.8 Å². The zero-order valence-corrected chi connectivity index (χ0v) is 12.8. The molecule has 0 saturated heterocycles. The molecule has 3 aromatic rings. The Bertz CT molecular complexity index is 911. The third-order valence-electron chi connectivity index (χ3n) is 3.18. The van der Waals surface area contributed by atoms with Crippen molar-refractivity contribution in [2.24, 2.45) is 0 Å². The number of rotatable bonds is 4. The maximum absolute atomic E-state index is 13.8. The molecule has 2 N–H and O–H groups in total. The number of H-pyrrole nitrogens is 1. The lowest BCUT2D eigenvalue weighted by Crippen LogP contribution is -2.12. The largest absolute Gasteiger partial charge is 0.356 e. The Morgan fingerprint density at radius 3 is 2.67 bits per heavy atom. The Hall–Kier alpha value is -3.06. The van der Waals surface area contributed by atoms with E-state index in [0.29, 0.717) is 5.69 Å². The molecule has 2 aromatic heterocycles. The van der Waals surface area contributed by atoms with Crippen molar-refractivity contribution in [3.8, 4) is 0 Å². The molecule has 1 aromatic carbocycles. The number of nitrogens with one attached hydrogen (secondary N) is 2. The number of aromatic nitrogens is 3. The molecule has 0 aliphatic rings. The third kappa shape index (κ3) is 3.31. The number of hydrogen-bond donors (Lipinski definition) is 2. The molecule has 0 spiro atoms. The number of aromatic amines is 1. The minimum atomic E-state index is -0.682. The number of benzene rings is 1. The molecule has 0 atom stereocenters. The van der Waals surface area contributed by atoms with Gasteiger partial charge in [0.25, 0.3) is 5.91 Å². The lowest BCUT2D eigenvalue weighted by atomic mass is 10.1. The van der Waals surface area contributed by atoms with Crippen LogP contribution < -0.4 is 5.32 Å². The number of nitrogens with zero attached hydrogens (tertiary/aromatic N) is 2. The number of anilines is 1. The standard InChI is InChI=1S/C16H10ClFN4O2/c17-10-1-2-13(18)12(4-10)15(23)9-3-14(21-5-9)16(24)22-11-6-19-8-20-7-11/h1-8,21H,(H,22,24). The second kappa shape index (κ2) is 6.59. The van der Waals surface area contributed by atoms with E-state index < -0.39 is 17.5 Å². The van der Waals surface area contributed by atoms with Crippen molar-refractivity contribution in [2.75, 3.05) is 5.32 Å². The monoisotopic (exact) mass is 344 g/mol. The summed E-state index contributed by atoms with van der Waals surface area (Å²) in [6.07, 6.45) is 5.53. The predicted molar refractivity (Wildman–Crippen MR) is 85.6 cm³/mol. The van der Waals surface area contributed by atoms with E-state index in [1.807, 2.05) is 0 Å². The number of hydrogen-bond acceptors (Lipinski definition) is 4. The SMILES string of the molecule is O=C(Nc1cncnc1)c1cc(C(=O)c2cc(Cl)ccc2F)c[nH]1. The van der Waals surface area contributed by atoms with Gasteiger partial charge in [0.15, 0.2) is 5.78 Å². The first kappa shape index (κ1) is 15.8. The smallest absolute Gasteiger partial charge is 0.272 e. The fourth-order valence-corrected chi connectivity index (χ4v) is 2.22. The molecule has 1 amide bonds. The summed E-state index contributed by atoms with van der Waals surface area (Å²) in [5.74, 6) is -1.73. The predicted octanol–water partition coefficient (Wildman–Crippen LogP) is 3.08. The molecule has 0 radical (unpaired) electrons. The molecule has 8 heteroatoms. The van der Waals surface area contributed by atoms with Crippen LogP contribution in [0.5, 0.6) is 0 Å². The number of carbonyl (C=O) groups is 2. The van der Waals surface area contributed by atoms with E-state index in [1.54, 1.807) is 0 Å². The molecular formula is C16H10ClFN4O2. The van der Waals surface area contributed by atoms with Gasteiger partial charge in [0.2, 0.25) is 0 Å². The lowest BCUT2D eigenvalue weighted by molar-refractivity contribution is 0.102. The van der Waals surface area contributed by atoms with Crippen LogP contribution in [0.2, 0.25) is 5.02 Å². The molecule has 2 heterocycles. The van der Waals surface area contributed by atoms with Crippen LogP contribution in [-0.2, 0) is 0 Å². The number of amides is 1. The number of halogens is 2. The van der Waals surface area contributed by atoms with E-state index in [1.165, 1.54) is 43.1 Å². The van der Waals surface area contributed by atoms with Crippen molar-refractivity contribution in [1.82, 2.24) is 15.0 Å². The Balaban J connectivity index is 1.81. The maximum Gasteiger partial charge on any atom is 0.272 e. The molecular weight excluding hydrogens is 335 g/mol. The number of ketones is 1. The third-order valence-corrected chi connectivity index (χ3v) is 3.42. The van der Waals surface area contributed by atoms with Crippen LogP contribution in [0.15, 0.2) is 49.2 Å². The van der Waals surface area contributed by atoms with Crippen LogP contribution in [0.1, 0.15) is 26.4 Å². The maximum atomic E-state index is 13.8. The quantitative estimate of drug-likeness (QED) is 0.712. The topological polar surface area (TPSA) is 87.7 Å². The van der Waals surface area contributed by atoms with Gasteiger partial charge in [-0.05, 0) is 24.3 Å². The highest BCUT2D eigenvalue weighted by atomic mass is 35.5. The van der Waals surface area contributed by atoms with Crippen molar-refractivity contribution < 1.29 is 14.0 Å². The van der Waals surface area contributed by atoms with E-state index in [9.17, 15) is 14.0 Å². The van der Waals surface area contributed by atoms with Gasteiger partial charge in [-0.25, -0.2) is 14.4 Å². The van der Waals surface area contributed by atoms with Crippen molar-refractivity contribution in [2.45, 2.75) is 0 Å². The second-order valence-electron chi connectivity index (χ2n) is 4.84.